The Kier molecular flexibility index (Phi) is 5.26. The number of carbonyl (C=O) groups is 1. The molecule has 0 aliphatic carbocycles. The van der Waals surface area contributed by atoms with Gasteiger partial charge in [-0.05, 0) is 32.9 Å². The monoisotopic (exact) mass is 333 g/mol. The first-order chi connectivity index (χ1) is 11.5. The number of hydrogen-bond acceptors (Lipinski definition) is 4. The number of nitrogens with zero attached hydrogens (tertiary/aromatic N) is 2. The number of anilines is 2. The summed E-state index contributed by atoms with van der Waals surface area (Å²) in [5.41, 5.74) is 1.90. The Morgan fingerprint density at radius 3 is 2.50 bits per heavy atom. The molecule has 2 aliphatic heterocycles. The van der Waals surface area contributed by atoms with Gasteiger partial charge in [-0.2, -0.15) is 0 Å². The van der Waals surface area contributed by atoms with Gasteiger partial charge >= 0.3 is 6.03 Å². The van der Waals surface area contributed by atoms with E-state index in [1.807, 2.05) is 30.0 Å². The zero-order valence-corrected chi connectivity index (χ0v) is 14.7. The van der Waals surface area contributed by atoms with Crippen LogP contribution in [0.2, 0.25) is 0 Å². The van der Waals surface area contributed by atoms with Gasteiger partial charge in [0.1, 0.15) is 0 Å². The Morgan fingerprint density at radius 1 is 1.08 bits per heavy atom. The molecular formula is C18H27N3O3. The number of para-hydroxylation sites is 2. The average molecular weight is 333 g/mol. The van der Waals surface area contributed by atoms with Crippen LogP contribution in [-0.4, -0.2) is 62.0 Å². The molecule has 2 amide bonds. The molecule has 1 aromatic rings. The highest BCUT2D eigenvalue weighted by Gasteiger charge is 2.26. The Labute approximate surface area is 143 Å². The zero-order valence-electron chi connectivity index (χ0n) is 14.7. The van der Waals surface area contributed by atoms with Crippen molar-refractivity contribution in [1.29, 1.82) is 0 Å². The summed E-state index contributed by atoms with van der Waals surface area (Å²) in [5, 5.41) is 3.08. The predicted octanol–water partition coefficient (Wildman–Crippen LogP) is 2.55. The van der Waals surface area contributed by atoms with E-state index in [0.29, 0.717) is 19.7 Å². The van der Waals surface area contributed by atoms with E-state index in [4.69, 9.17) is 9.47 Å². The maximum Gasteiger partial charge on any atom is 0.322 e. The van der Waals surface area contributed by atoms with Crippen LogP contribution in [0.25, 0.3) is 0 Å². The maximum atomic E-state index is 12.6. The van der Waals surface area contributed by atoms with E-state index in [1.54, 1.807) is 0 Å². The van der Waals surface area contributed by atoms with Crippen LogP contribution in [0, 0.1) is 0 Å². The molecule has 3 atom stereocenters. The summed E-state index contributed by atoms with van der Waals surface area (Å²) >= 11 is 0. The summed E-state index contributed by atoms with van der Waals surface area (Å²) in [6.45, 7) is 9.65. The molecule has 2 saturated heterocycles. The van der Waals surface area contributed by atoms with Crippen LogP contribution >= 0.6 is 0 Å². The summed E-state index contributed by atoms with van der Waals surface area (Å²) in [5.74, 6) is 0. The van der Waals surface area contributed by atoms with Gasteiger partial charge in [0.25, 0.3) is 0 Å². The molecule has 0 saturated carbocycles. The van der Waals surface area contributed by atoms with Gasteiger partial charge < -0.3 is 24.6 Å². The third-order valence-corrected chi connectivity index (χ3v) is 4.43. The van der Waals surface area contributed by atoms with E-state index in [2.05, 4.69) is 30.1 Å². The van der Waals surface area contributed by atoms with Gasteiger partial charge in [0.05, 0.1) is 36.3 Å². The summed E-state index contributed by atoms with van der Waals surface area (Å²) in [4.78, 5) is 16.7. The fourth-order valence-electron chi connectivity index (χ4n) is 3.43. The summed E-state index contributed by atoms with van der Waals surface area (Å²) in [6.07, 6.45) is 0.441. The molecule has 0 unspecified atom stereocenters. The van der Waals surface area contributed by atoms with Gasteiger partial charge in [0.2, 0.25) is 0 Å². The first-order valence-electron chi connectivity index (χ1n) is 8.70. The predicted molar refractivity (Wildman–Crippen MR) is 94.7 cm³/mol. The molecule has 0 radical (unpaired) electrons. The normalized spacial score (nSPS) is 27.9. The highest BCUT2D eigenvalue weighted by atomic mass is 16.5. The second-order valence-corrected chi connectivity index (χ2v) is 6.74. The van der Waals surface area contributed by atoms with Crippen molar-refractivity contribution in [1.82, 2.24) is 4.90 Å². The third-order valence-electron chi connectivity index (χ3n) is 4.43. The number of amides is 2. The molecule has 6 nitrogen and oxygen atoms in total. The molecule has 1 N–H and O–H groups in total. The van der Waals surface area contributed by atoms with Gasteiger partial charge in [0, 0.05) is 26.2 Å². The summed E-state index contributed by atoms with van der Waals surface area (Å²) in [6, 6.07) is 7.91. The van der Waals surface area contributed by atoms with Crippen molar-refractivity contribution in [2.75, 3.05) is 43.0 Å². The van der Waals surface area contributed by atoms with Crippen molar-refractivity contribution in [2.24, 2.45) is 0 Å². The number of benzene rings is 1. The van der Waals surface area contributed by atoms with Crippen LogP contribution < -0.4 is 10.2 Å². The minimum absolute atomic E-state index is 0.0630. The van der Waals surface area contributed by atoms with Gasteiger partial charge in [-0.15, -0.1) is 0 Å². The number of morpholine rings is 2. The number of ether oxygens (including phenoxy) is 2. The lowest BCUT2D eigenvalue weighted by atomic mass is 10.1. The molecule has 6 heteroatoms. The number of urea groups is 1. The molecule has 3 rings (SSSR count). The lowest BCUT2D eigenvalue weighted by Gasteiger charge is -2.38. The van der Waals surface area contributed by atoms with Crippen LogP contribution in [0.3, 0.4) is 0 Å². The molecule has 0 bridgehead atoms. The Morgan fingerprint density at radius 2 is 1.79 bits per heavy atom. The fraction of sp³-hybridized carbons (Fsp3) is 0.611. The molecule has 132 valence electrons. The molecule has 0 spiro atoms. The standard InChI is InChI=1S/C18H27N3O3/c1-13-10-20(8-9-23-13)18(22)19-16-6-4-5-7-17(16)21-11-14(2)24-15(3)12-21/h4-7,13-15H,8-12H2,1-3H3,(H,19,22)/t13-,14-,15-/m0/s1. The lowest BCUT2D eigenvalue weighted by Crippen LogP contribution is -2.47. The Balaban J connectivity index is 1.73. The molecule has 2 heterocycles. The Bertz CT molecular complexity index is 570. The number of hydrogen-bond donors (Lipinski definition) is 1. The first-order valence-corrected chi connectivity index (χ1v) is 8.70. The van der Waals surface area contributed by atoms with Crippen LogP contribution in [0.1, 0.15) is 20.8 Å². The van der Waals surface area contributed by atoms with Crippen molar-refractivity contribution in [3.8, 4) is 0 Å². The average Bonchev–Trinajstić information content (AvgIpc) is 2.54. The SMILES string of the molecule is C[C@H]1CN(C(=O)Nc2ccccc2N2C[C@H](C)O[C@@H](C)C2)CCO1. The maximum absolute atomic E-state index is 12.6. The van der Waals surface area contributed by atoms with Gasteiger partial charge in [0.15, 0.2) is 0 Å². The highest BCUT2D eigenvalue weighted by Crippen LogP contribution is 2.28. The van der Waals surface area contributed by atoms with E-state index < -0.39 is 0 Å². The second kappa shape index (κ2) is 7.40. The van der Waals surface area contributed by atoms with Gasteiger partial charge in [-0.1, -0.05) is 12.1 Å². The zero-order chi connectivity index (χ0) is 17.1. The quantitative estimate of drug-likeness (QED) is 0.904. The minimum Gasteiger partial charge on any atom is -0.375 e. The van der Waals surface area contributed by atoms with Crippen molar-refractivity contribution in [2.45, 2.75) is 39.1 Å². The summed E-state index contributed by atoms with van der Waals surface area (Å²) in [7, 11) is 0. The van der Waals surface area contributed by atoms with E-state index in [0.717, 1.165) is 24.5 Å². The molecule has 24 heavy (non-hydrogen) atoms. The second-order valence-electron chi connectivity index (χ2n) is 6.74. The fourth-order valence-corrected chi connectivity index (χ4v) is 3.43. The molecular weight excluding hydrogens is 306 g/mol. The number of carbonyl (C=O) groups excluding carboxylic acids is 1. The van der Waals surface area contributed by atoms with Crippen LogP contribution in [0.5, 0.6) is 0 Å². The van der Waals surface area contributed by atoms with Crippen LogP contribution in [-0.2, 0) is 9.47 Å². The minimum atomic E-state index is -0.0630. The van der Waals surface area contributed by atoms with E-state index >= 15 is 0 Å². The van der Waals surface area contributed by atoms with Crippen LogP contribution in [0.15, 0.2) is 24.3 Å². The van der Waals surface area contributed by atoms with E-state index in [-0.39, 0.29) is 24.3 Å². The largest absolute Gasteiger partial charge is 0.375 e. The smallest absolute Gasteiger partial charge is 0.322 e. The molecule has 0 aromatic heterocycles. The Hall–Kier alpha value is -1.79. The van der Waals surface area contributed by atoms with E-state index in [9.17, 15) is 4.79 Å². The highest BCUT2D eigenvalue weighted by molar-refractivity contribution is 5.93. The van der Waals surface area contributed by atoms with Gasteiger partial charge in [-0.25, -0.2) is 4.79 Å². The number of rotatable bonds is 2. The number of nitrogens with one attached hydrogen (secondary N) is 1. The van der Waals surface area contributed by atoms with Gasteiger partial charge in [-0.3, -0.25) is 0 Å². The lowest BCUT2D eigenvalue weighted by molar-refractivity contribution is -0.00521. The van der Waals surface area contributed by atoms with Crippen LogP contribution in [0.4, 0.5) is 16.2 Å². The first kappa shape index (κ1) is 17.0. The molecule has 2 fully saturated rings. The van der Waals surface area contributed by atoms with Crippen molar-refractivity contribution >= 4 is 17.4 Å². The molecule has 1 aromatic carbocycles. The third kappa shape index (κ3) is 3.99. The van der Waals surface area contributed by atoms with Crippen molar-refractivity contribution in [3.05, 3.63) is 24.3 Å². The summed E-state index contributed by atoms with van der Waals surface area (Å²) < 4.78 is 11.3. The van der Waals surface area contributed by atoms with Crippen molar-refractivity contribution in [3.63, 3.8) is 0 Å². The topological polar surface area (TPSA) is 54.0 Å². The van der Waals surface area contributed by atoms with Crippen molar-refractivity contribution < 1.29 is 14.3 Å². The van der Waals surface area contributed by atoms with E-state index in [1.165, 1.54) is 0 Å². The molecule has 2 aliphatic rings.